The molecule has 9 nitrogen and oxygen atoms in total. The second-order valence-corrected chi connectivity index (χ2v) is 21.7. The molecule has 0 fully saturated rings. The van der Waals surface area contributed by atoms with Crippen LogP contribution in [0.5, 0.6) is 0 Å². The summed E-state index contributed by atoms with van der Waals surface area (Å²) in [6.45, 7) is 4.82. The fourth-order valence-electron chi connectivity index (χ4n) is 9.01. The Kier molecular flexibility index (Phi) is 50.3. The Balaban J connectivity index is 4.18. The largest absolute Gasteiger partial charge is 0.545 e. The summed E-state index contributed by atoms with van der Waals surface area (Å²) in [6.07, 6.45) is 54.4. The highest BCUT2D eigenvalue weighted by atomic mass is 16.7. The van der Waals surface area contributed by atoms with Gasteiger partial charge < -0.3 is 33.3 Å². The van der Waals surface area contributed by atoms with Gasteiger partial charge in [0.1, 0.15) is 13.2 Å². The molecule has 0 N–H and O–H groups in total. The molecule has 0 rings (SSSR count). The summed E-state index contributed by atoms with van der Waals surface area (Å²) >= 11 is 0. The number of likely N-dealkylation sites (N-methyl/N-ethyl adjacent to an activating group) is 1. The maximum Gasteiger partial charge on any atom is 0.306 e. The molecule has 0 aromatic rings. The first-order chi connectivity index (χ1) is 33.1. The van der Waals surface area contributed by atoms with Crippen LogP contribution in [-0.2, 0) is 33.3 Å². The SMILES string of the molecule is CCCCCCCCCCCCCCCCCCCCCCCCC(=O)OC(COC(=O)CCCCCCCCCCCCCCCCCCCCCCC)COC(OCC[N+](C)(C)C)C(=O)[O-]. The van der Waals surface area contributed by atoms with Crippen molar-refractivity contribution in [1.29, 1.82) is 0 Å². The number of carboxylic acids is 1. The second kappa shape index (κ2) is 51.6. The van der Waals surface area contributed by atoms with Gasteiger partial charge in [0.15, 0.2) is 12.4 Å². The monoisotopic (exact) mass is 966 g/mol. The number of unbranched alkanes of at least 4 members (excludes halogenated alkanes) is 41. The third-order valence-electron chi connectivity index (χ3n) is 13.6. The van der Waals surface area contributed by atoms with E-state index in [2.05, 4.69) is 13.8 Å². The van der Waals surface area contributed by atoms with Crippen LogP contribution >= 0.6 is 0 Å². The van der Waals surface area contributed by atoms with E-state index in [1.165, 1.54) is 238 Å². The lowest BCUT2D eigenvalue weighted by Gasteiger charge is -2.26. The highest BCUT2D eigenvalue weighted by Gasteiger charge is 2.22. The van der Waals surface area contributed by atoms with Crippen LogP contribution in [0.2, 0.25) is 0 Å². The van der Waals surface area contributed by atoms with E-state index in [0.29, 0.717) is 17.4 Å². The van der Waals surface area contributed by atoms with Crippen molar-refractivity contribution >= 4 is 17.9 Å². The van der Waals surface area contributed by atoms with Gasteiger partial charge in [0.25, 0.3) is 0 Å². The van der Waals surface area contributed by atoms with Crippen LogP contribution in [0.3, 0.4) is 0 Å². The zero-order valence-corrected chi connectivity index (χ0v) is 46.0. The molecule has 0 bridgehead atoms. The highest BCUT2D eigenvalue weighted by molar-refractivity contribution is 5.70. The van der Waals surface area contributed by atoms with Crippen LogP contribution < -0.4 is 5.11 Å². The minimum absolute atomic E-state index is 0.153. The summed E-state index contributed by atoms with van der Waals surface area (Å²) in [6, 6.07) is 0. The quantitative estimate of drug-likeness (QED) is 0.0256. The highest BCUT2D eigenvalue weighted by Crippen LogP contribution is 2.18. The van der Waals surface area contributed by atoms with Crippen LogP contribution in [0.25, 0.3) is 0 Å². The van der Waals surface area contributed by atoms with Gasteiger partial charge >= 0.3 is 11.9 Å². The van der Waals surface area contributed by atoms with E-state index in [9.17, 15) is 19.5 Å². The third-order valence-corrected chi connectivity index (χ3v) is 13.6. The van der Waals surface area contributed by atoms with Gasteiger partial charge in [-0.05, 0) is 12.8 Å². The van der Waals surface area contributed by atoms with Gasteiger partial charge in [0, 0.05) is 12.8 Å². The molecule has 0 amide bonds. The number of carbonyl (C=O) groups excluding carboxylic acids is 3. The minimum atomic E-state index is -1.61. The molecule has 0 aliphatic carbocycles. The Morgan fingerprint density at radius 1 is 0.382 bits per heavy atom. The topological polar surface area (TPSA) is 111 Å². The number of aliphatic carboxylic acids is 1. The Bertz CT molecular complexity index is 1080. The molecule has 0 saturated heterocycles. The van der Waals surface area contributed by atoms with Crippen LogP contribution in [0.4, 0.5) is 0 Å². The van der Waals surface area contributed by atoms with E-state index in [1.54, 1.807) is 0 Å². The molecule has 68 heavy (non-hydrogen) atoms. The van der Waals surface area contributed by atoms with Crippen molar-refractivity contribution in [2.24, 2.45) is 0 Å². The van der Waals surface area contributed by atoms with Crippen LogP contribution in [0.1, 0.15) is 303 Å². The third kappa shape index (κ3) is 52.1. The number of carbonyl (C=O) groups is 3. The zero-order valence-electron chi connectivity index (χ0n) is 46.0. The number of carboxylic acid groups (broad SMARTS) is 1. The summed E-state index contributed by atoms with van der Waals surface area (Å²) in [4.78, 5) is 37.3. The van der Waals surface area contributed by atoms with Gasteiger partial charge in [-0.1, -0.05) is 277 Å². The molecule has 0 aromatic carbocycles. The van der Waals surface area contributed by atoms with Crippen molar-refractivity contribution in [3.8, 4) is 0 Å². The van der Waals surface area contributed by atoms with E-state index in [0.717, 1.165) is 38.5 Å². The maximum absolute atomic E-state index is 12.9. The number of ether oxygens (including phenoxy) is 4. The molecular weight excluding hydrogens is 851 g/mol. The summed E-state index contributed by atoms with van der Waals surface area (Å²) < 4.78 is 22.7. The molecule has 0 aliphatic heterocycles. The Hall–Kier alpha value is -1.71. The number of esters is 2. The molecule has 2 atom stereocenters. The molecule has 404 valence electrons. The minimum Gasteiger partial charge on any atom is -0.545 e. The van der Waals surface area contributed by atoms with Gasteiger partial charge in [0.05, 0.1) is 40.3 Å². The summed E-state index contributed by atoms with van der Waals surface area (Å²) in [5.74, 6) is -2.25. The van der Waals surface area contributed by atoms with Crippen molar-refractivity contribution in [2.75, 3.05) is 47.5 Å². The Labute approximate surface area is 422 Å². The average Bonchev–Trinajstić information content (AvgIpc) is 3.30. The first-order valence-electron chi connectivity index (χ1n) is 29.7. The Morgan fingerprint density at radius 2 is 0.662 bits per heavy atom. The average molecular weight is 967 g/mol. The van der Waals surface area contributed by atoms with Crippen LogP contribution in [0, 0.1) is 0 Å². The van der Waals surface area contributed by atoms with E-state index < -0.39 is 24.3 Å². The van der Waals surface area contributed by atoms with Gasteiger partial charge in [0.2, 0.25) is 0 Å². The molecule has 2 unspecified atom stereocenters. The van der Waals surface area contributed by atoms with Crippen molar-refractivity contribution in [3.05, 3.63) is 0 Å². The lowest BCUT2D eigenvalue weighted by atomic mass is 10.0. The van der Waals surface area contributed by atoms with Crippen molar-refractivity contribution in [1.82, 2.24) is 0 Å². The second-order valence-electron chi connectivity index (χ2n) is 21.7. The van der Waals surface area contributed by atoms with E-state index in [1.807, 2.05) is 21.1 Å². The molecule has 0 aliphatic rings. The van der Waals surface area contributed by atoms with Crippen molar-refractivity contribution in [2.45, 2.75) is 315 Å². The number of hydrogen-bond donors (Lipinski definition) is 0. The summed E-state index contributed by atoms with van der Waals surface area (Å²) in [7, 11) is 5.94. The number of rotatable bonds is 56. The van der Waals surface area contributed by atoms with E-state index in [-0.39, 0.29) is 32.2 Å². The number of hydrogen-bond acceptors (Lipinski definition) is 8. The first-order valence-corrected chi connectivity index (χ1v) is 29.7. The number of nitrogens with zero attached hydrogens (tertiary/aromatic N) is 1. The summed E-state index contributed by atoms with van der Waals surface area (Å²) in [5, 5.41) is 11.8. The fourth-order valence-corrected chi connectivity index (χ4v) is 9.01. The number of quaternary nitrogens is 1. The normalized spacial score (nSPS) is 12.7. The van der Waals surface area contributed by atoms with Crippen molar-refractivity contribution in [3.63, 3.8) is 0 Å². The van der Waals surface area contributed by atoms with Gasteiger partial charge in [-0.3, -0.25) is 9.59 Å². The maximum atomic E-state index is 12.9. The van der Waals surface area contributed by atoms with Crippen LogP contribution in [0.15, 0.2) is 0 Å². The molecular formula is C59H115NO8. The van der Waals surface area contributed by atoms with Gasteiger partial charge in [-0.15, -0.1) is 0 Å². The predicted octanol–water partition coefficient (Wildman–Crippen LogP) is 15.9. The fraction of sp³-hybridized carbons (Fsp3) is 0.949. The standard InChI is InChI=1S/C59H115NO8/c1-6-8-10-12-14-16-18-20-22-24-26-28-30-32-34-36-38-40-42-44-46-48-50-57(62)68-55(54-67-59(58(63)64)65-52-51-60(3,4)5)53-66-56(61)49-47-45-43-41-39-37-35-33-31-29-27-25-23-21-19-17-15-13-11-9-7-2/h55,59H,6-54H2,1-5H3. The van der Waals surface area contributed by atoms with Crippen LogP contribution in [-0.4, -0.2) is 82.3 Å². The zero-order chi connectivity index (χ0) is 49.9. The van der Waals surface area contributed by atoms with E-state index in [4.69, 9.17) is 18.9 Å². The molecule has 0 spiro atoms. The Morgan fingerprint density at radius 3 is 0.941 bits per heavy atom. The molecule has 9 heteroatoms. The molecule has 0 heterocycles. The lowest BCUT2D eigenvalue weighted by Crippen LogP contribution is -2.44. The molecule has 0 saturated carbocycles. The van der Waals surface area contributed by atoms with Gasteiger partial charge in [-0.25, -0.2) is 0 Å². The smallest absolute Gasteiger partial charge is 0.306 e. The van der Waals surface area contributed by atoms with E-state index >= 15 is 0 Å². The summed E-state index contributed by atoms with van der Waals surface area (Å²) in [5.41, 5.74) is 0. The van der Waals surface area contributed by atoms with Gasteiger partial charge in [-0.2, -0.15) is 0 Å². The van der Waals surface area contributed by atoms with Crippen molar-refractivity contribution < 1.29 is 42.9 Å². The first kappa shape index (κ1) is 66.3. The lowest BCUT2D eigenvalue weighted by molar-refractivity contribution is -0.870. The molecule has 0 radical (unpaired) electrons. The molecule has 0 aromatic heterocycles. The predicted molar refractivity (Wildman–Crippen MR) is 284 cm³/mol.